The molecule has 0 radical (unpaired) electrons. The molecule has 0 saturated carbocycles. The smallest absolute Gasteiger partial charge is 0.244 e. The van der Waals surface area contributed by atoms with Gasteiger partial charge in [-0.25, -0.2) is 0 Å². The molecule has 0 heterocycles. The summed E-state index contributed by atoms with van der Waals surface area (Å²) in [6.45, 7) is 7.80. The first-order valence-corrected chi connectivity index (χ1v) is 6.34. The summed E-state index contributed by atoms with van der Waals surface area (Å²) in [6.07, 6.45) is 1.03. The number of thioether (sulfide) groups is 1. The van der Waals surface area contributed by atoms with E-state index in [9.17, 15) is 4.79 Å². The largest absolute Gasteiger partial charge is 0.366 e. The highest BCUT2D eigenvalue weighted by Crippen LogP contribution is 2.27. The second-order valence-corrected chi connectivity index (χ2v) is 4.72. The maximum atomic E-state index is 10.8. The van der Waals surface area contributed by atoms with Crippen molar-refractivity contribution in [1.29, 1.82) is 0 Å². The van der Waals surface area contributed by atoms with Gasteiger partial charge in [0.15, 0.2) is 0 Å². The Morgan fingerprint density at radius 1 is 1.41 bits per heavy atom. The van der Waals surface area contributed by atoms with Crippen LogP contribution in [-0.4, -0.2) is 5.91 Å². The fraction of sp³-hybridized carbons (Fsp3) is 0.214. The van der Waals surface area contributed by atoms with Crippen LogP contribution in [0.5, 0.6) is 0 Å². The lowest BCUT2D eigenvalue weighted by Crippen LogP contribution is -2.10. The molecule has 0 aliphatic carbocycles. The lowest BCUT2D eigenvalue weighted by Gasteiger charge is -2.04. The minimum atomic E-state index is -0.397. The number of benzene rings is 1. The molecular weight excluding hydrogens is 230 g/mol. The first-order valence-electron chi connectivity index (χ1n) is 5.46. The molecule has 1 amide bonds. The van der Waals surface area contributed by atoms with E-state index in [1.54, 1.807) is 12.3 Å². The van der Waals surface area contributed by atoms with E-state index < -0.39 is 5.91 Å². The number of rotatable bonds is 5. The number of amides is 1. The number of hydrogen-bond donors (Lipinski definition) is 1. The van der Waals surface area contributed by atoms with Crippen LogP contribution in [-0.2, 0) is 11.2 Å². The van der Waals surface area contributed by atoms with Gasteiger partial charge in [-0.05, 0) is 29.9 Å². The number of nitrogens with two attached hydrogens (primary N) is 1. The average molecular weight is 247 g/mol. The summed E-state index contributed by atoms with van der Waals surface area (Å²) < 4.78 is 0. The summed E-state index contributed by atoms with van der Waals surface area (Å²) in [5.41, 5.74) is 8.06. The molecule has 2 N–H and O–H groups in total. The number of carbonyl (C=O) groups is 1. The van der Waals surface area contributed by atoms with Gasteiger partial charge in [0.05, 0.1) is 0 Å². The van der Waals surface area contributed by atoms with E-state index in [1.165, 1.54) is 17.3 Å². The van der Waals surface area contributed by atoms with Crippen molar-refractivity contribution in [2.24, 2.45) is 5.73 Å². The fourth-order valence-corrected chi connectivity index (χ4v) is 1.92. The predicted octanol–water partition coefficient (Wildman–Crippen LogP) is 3.34. The Balaban J connectivity index is 2.70. The Morgan fingerprint density at radius 2 is 2.00 bits per heavy atom. The van der Waals surface area contributed by atoms with Gasteiger partial charge in [0, 0.05) is 10.5 Å². The Labute approximate surface area is 107 Å². The molecule has 1 rings (SSSR count). The molecule has 0 unspecified atom stereocenters. The maximum absolute atomic E-state index is 10.8. The molecule has 1 aromatic rings. The van der Waals surface area contributed by atoms with E-state index >= 15 is 0 Å². The zero-order valence-corrected chi connectivity index (χ0v) is 11.0. The molecule has 3 heteroatoms. The Kier molecular flexibility index (Phi) is 5.04. The minimum Gasteiger partial charge on any atom is -0.366 e. The van der Waals surface area contributed by atoms with Crippen molar-refractivity contribution in [2.45, 2.75) is 20.3 Å². The highest BCUT2D eigenvalue weighted by atomic mass is 32.2. The molecule has 0 aliphatic heterocycles. The van der Waals surface area contributed by atoms with Crippen LogP contribution in [0.1, 0.15) is 25.0 Å². The average Bonchev–Trinajstić information content (AvgIpc) is 2.35. The highest BCUT2D eigenvalue weighted by molar-refractivity contribution is 8.10. The number of aryl methyl sites for hydroxylation is 1. The van der Waals surface area contributed by atoms with Crippen molar-refractivity contribution in [3.8, 4) is 0 Å². The van der Waals surface area contributed by atoms with Crippen molar-refractivity contribution in [2.75, 3.05) is 0 Å². The van der Waals surface area contributed by atoms with Crippen LogP contribution in [0.2, 0.25) is 0 Å². The molecule has 90 valence electrons. The van der Waals surface area contributed by atoms with Crippen molar-refractivity contribution >= 4 is 22.6 Å². The van der Waals surface area contributed by atoms with Gasteiger partial charge in [-0.2, -0.15) is 0 Å². The summed E-state index contributed by atoms with van der Waals surface area (Å²) in [7, 11) is 0. The lowest BCUT2D eigenvalue weighted by molar-refractivity contribution is -0.114. The third kappa shape index (κ3) is 4.11. The van der Waals surface area contributed by atoms with Crippen molar-refractivity contribution in [3.05, 3.63) is 53.0 Å². The lowest BCUT2D eigenvalue weighted by atomic mass is 10.1. The van der Waals surface area contributed by atoms with E-state index in [2.05, 4.69) is 25.6 Å². The van der Waals surface area contributed by atoms with Crippen LogP contribution in [0.4, 0.5) is 0 Å². The van der Waals surface area contributed by atoms with Crippen LogP contribution in [0.25, 0.3) is 4.91 Å². The van der Waals surface area contributed by atoms with Gasteiger partial charge in [-0.15, -0.1) is 0 Å². The molecule has 0 atom stereocenters. The summed E-state index contributed by atoms with van der Waals surface area (Å²) in [5, 5.41) is 1.73. The van der Waals surface area contributed by atoms with Crippen LogP contribution < -0.4 is 5.73 Å². The van der Waals surface area contributed by atoms with Gasteiger partial charge >= 0.3 is 0 Å². The van der Waals surface area contributed by atoms with Crippen LogP contribution >= 0.6 is 11.8 Å². The monoisotopic (exact) mass is 247 g/mol. The second-order valence-electron chi connectivity index (χ2n) is 3.76. The van der Waals surface area contributed by atoms with E-state index in [4.69, 9.17) is 5.73 Å². The molecule has 0 bridgehead atoms. The van der Waals surface area contributed by atoms with E-state index in [0.29, 0.717) is 5.57 Å². The Bertz CT molecular complexity index is 446. The number of hydrogen-bond acceptors (Lipinski definition) is 2. The van der Waals surface area contributed by atoms with E-state index in [1.807, 2.05) is 12.1 Å². The molecule has 0 aliphatic rings. The van der Waals surface area contributed by atoms with Crippen molar-refractivity contribution < 1.29 is 4.79 Å². The number of carbonyl (C=O) groups excluding carboxylic acids is 1. The predicted molar refractivity (Wildman–Crippen MR) is 75.4 cm³/mol. The van der Waals surface area contributed by atoms with E-state index in [0.717, 1.165) is 16.9 Å². The minimum absolute atomic E-state index is 0.397. The van der Waals surface area contributed by atoms with Gasteiger partial charge in [-0.3, -0.25) is 4.79 Å². The molecule has 0 spiro atoms. The van der Waals surface area contributed by atoms with E-state index in [-0.39, 0.29) is 0 Å². The van der Waals surface area contributed by atoms with Gasteiger partial charge in [0.1, 0.15) is 0 Å². The zero-order chi connectivity index (χ0) is 12.8. The summed E-state index contributed by atoms with van der Waals surface area (Å²) >= 11 is 1.42. The summed E-state index contributed by atoms with van der Waals surface area (Å²) in [4.78, 5) is 11.8. The third-order valence-electron chi connectivity index (χ3n) is 2.45. The first kappa shape index (κ1) is 13.6. The maximum Gasteiger partial charge on any atom is 0.244 e. The van der Waals surface area contributed by atoms with Crippen molar-refractivity contribution in [1.82, 2.24) is 0 Å². The third-order valence-corrected chi connectivity index (χ3v) is 3.44. The van der Waals surface area contributed by atoms with Crippen LogP contribution in [0.3, 0.4) is 0 Å². The van der Waals surface area contributed by atoms with Gasteiger partial charge < -0.3 is 5.73 Å². The van der Waals surface area contributed by atoms with Crippen molar-refractivity contribution in [3.63, 3.8) is 0 Å². The van der Waals surface area contributed by atoms with Gasteiger partial charge in [0.2, 0.25) is 5.91 Å². The van der Waals surface area contributed by atoms with Crippen LogP contribution in [0, 0.1) is 0 Å². The molecule has 17 heavy (non-hydrogen) atoms. The molecule has 0 saturated heterocycles. The number of primary amides is 1. The normalized spacial score (nSPS) is 11.3. The standard InChI is InChI=1S/C14H17NOS/c1-4-12-5-7-13(8-6-12)11(3)17-9-10(2)14(15)16/h5-9H,3-4H2,1-2H3,(H2,15,16)/b10-9+. The Morgan fingerprint density at radius 3 is 2.47 bits per heavy atom. The second kappa shape index (κ2) is 6.30. The molecule has 0 fully saturated rings. The molecule has 0 aromatic heterocycles. The molecule has 1 aromatic carbocycles. The summed E-state index contributed by atoms with van der Waals surface area (Å²) in [6, 6.07) is 8.26. The fourth-order valence-electron chi connectivity index (χ4n) is 1.21. The molecule has 2 nitrogen and oxygen atoms in total. The zero-order valence-electron chi connectivity index (χ0n) is 10.2. The Hall–Kier alpha value is -1.48. The van der Waals surface area contributed by atoms with Gasteiger partial charge in [0.25, 0.3) is 0 Å². The van der Waals surface area contributed by atoms with Gasteiger partial charge in [-0.1, -0.05) is 49.5 Å². The van der Waals surface area contributed by atoms with Crippen LogP contribution in [0.15, 0.2) is 41.8 Å². The SMILES string of the molecule is C=C(S/C=C(\C)C(N)=O)c1ccc(CC)cc1. The highest BCUT2D eigenvalue weighted by Gasteiger charge is 2.01. The molecular formula is C14H17NOS. The topological polar surface area (TPSA) is 43.1 Å². The summed E-state index contributed by atoms with van der Waals surface area (Å²) in [5.74, 6) is -0.397. The quantitative estimate of drug-likeness (QED) is 0.811. The first-order chi connectivity index (χ1) is 8.04.